The summed E-state index contributed by atoms with van der Waals surface area (Å²) in [5, 5.41) is 15.4. The first-order valence-electron chi connectivity index (χ1n) is 6.59. The molecule has 0 fully saturated rings. The molecule has 7 nitrogen and oxygen atoms in total. The molecule has 0 saturated heterocycles. The second-order valence-electron chi connectivity index (χ2n) is 5.55. The van der Waals surface area contributed by atoms with Crippen LogP contribution in [0.2, 0.25) is 0 Å². The van der Waals surface area contributed by atoms with E-state index in [1.807, 2.05) is 0 Å². The fourth-order valence-electron chi connectivity index (χ4n) is 1.42. The Hall–Kier alpha value is -2.31. The van der Waals surface area contributed by atoms with E-state index in [0.717, 1.165) is 5.56 Å². The molecule has 116 valence electrons. The first-order valence-corrected chi connectivity index (χ1v) is 6.59. The van der Waals surface area contributed by atoms with E-state index in [1.54, 1.807) is 52.2 Å². The molecule has 0 bridgehead atoms. The van der Waals surface area contributed by atoms with E-state index in [0.29, 0.717) is 6.54 Å². The van der Waals surface area contributed by atoms with Crippen LogP contribution < -0.4 is 5.32 Å². The van der Waals surface area contributed by atoms with Crippen molar-refractivity contribution in [1.29, 1.82) is 0 Å². The highest BCUT2D eigenvalue weighted by atomic mass is 16.6. The minimum Gasteiger partial charge on any atom is -0.480 e. The molecule has 21 heavy (non-hydrogen) atoms. The molecule has 1 aromatic rings. The Labute approximate surface area is 123 Å². The van der Waals surface area contributed by atoms with Gasteiger partial charge < -0.3 is 15.2 Å². The van der Waals surface area contributed by atoms with Gasteiger partial charge >= 0.3 is 12.1 Å². The monoisotopic (exact) mass is 295 g/mol. The van der Waals surface area contributed by atoms with Gasteiger partial charge in [-0.2, -0.15) is 5.10 Å². The molecule has 7 heteroatoms. The van der Waals surface area contributed by atoms with Crippen LogP contribution in [0.5, 0.6) is 0 Å². The van der Waals surface area contributed by atoms with Gasteiger partial charge in [0, 0.05) is 18.3 Å². The smallest absolute Gasteiger partial charge is 0.407 e. The van der Waals surface area contributed by atoms with Gasteiger partial charge in [-0.1, -0.05) is 12.2 Å². The topological polar surface area (TPSA) is 93.5 Å². The lowest BCUT2D eigenvalue weighted by Crippen LogP contribution is -2.32. The van der Waals surface area contributed by atoms with Crippen molar-refractivity contribution >= 4 is 18.1 Å². The molecule has 0 saturated carbocycles. The molecule has 0 aliphatic heterocycles. The summed E-state index contributed by atoms with van der Waals surface area (Å²) >= 11 is 0. The molecule has 0 radical (unpaired) electrons. The van der Waals surface area contributed by atoms with Crippen molar-refractivity contribution in [2.75, 3.05) is 6.54 Å². The number of hydrogen-bond donors (Lipinski definition) is 2. The number of carboxylic acids is 1. The number of carbonyl (C=O) groups is 2. The summed E-state index contributed by atoms with van der Waals surface area (Å²) in [6.45, 7) is 7.24. The number of aromatic nitrogens is 2. The van der Waals surface area contributed by atoms with Crippen molar-refractivity contribution in [3.8, 4) is 0 Å². The van der Waals surface area contributed by atoms with Crippen molar-refractivity contribution in [3.05, 3.63) is 24.0 Å². The third kappa shape index (κ3) is 6.11. The molecular weight excluding hydrogens is 274 g/mol. The maximum Gasteiger partial charge on any atom is 0.407 e. The van der Waals surface area contributed by atoms with Gasteiger partial charge in [-0.3, -0.25) is 4.68 Å². The van der Waals surface area contributed by atoms with Crippen LogP contribution in [0.25, 0.3) is 6.08 Å². The van der Waals surface area contributed by atoms with Crippen LogP contribution in [0.3, 0.4) is 0 Å². The van der Waals surface area contributed by atoms with Gasteiger partial charge in [0.1, 0.15) is 11.6 Å². The average Bonchev–Trinajstić information content (AvgIpc) is 2.80. The molecule has 1 rings (SSSR count). The highest BCUT2D eigenvalue weighted by Crippen LogP contribution is 2.08. The summed E-state index contributed by atoms with van der Waals surface area (Å²) in [7, 11) is 0. The van der Waals surface area contributed by atoms with Crippen LogP contribution in [-0.4, -0.2) is 39.1 Å². The number of nitrogens with one attached hydrogen (secondary N) is 1. The zero-order chi connectivity index (χ0) is 16.0. The van der Waals surface area contributed by atoms with Gasteiger partial charge in [0.15, 0.2) is 0 Å². The van der Waals surface area contributed by atoms with E-state index >= 15 is 0 Å². The SMILES string of the molecule is C[C@@H](C(=O)O)n1cc(C=CCNC(=O)OC(C)(C)C)cn1. The van der Waals surface area contributed by atoms with Gasteiger partial charge in [-0.25, -0.2) is 9.59 Å². The Morgan fingerprint density at radius 1 is 1.52 bits per heavy atom. The van der Waals surface area contributed by atoms with Crippen molar-refractivity contribution in [2.45, 2.75) is 39.3 Å². The van der Waals surface area contributed by atoms with Gasteiger partial charge in [-0.15, -0.1) is 0 Å². The quantitative estimate of drug-likeness (QED) is 0.867. The van der Waals surface area contributed by atoms with E-state index in [1.165, 1.54) is 4.68 Å². The molecule has 1 heterocycles. The van der Waals surface area contributed by atoms with E-state index in [2.05, 4.69) is 10.4 Å². The van der Waals surface area contributed by atoms with Gasteiger partial charge in [-0.05, 0) is 27.7 Å². The van der Waals surface area contributed by atoms with E-state index in [9.17, 15) is 9.59 Å². The number of alkyl carbamates (subject to hydrolysis) is 1. The average molecular weight is 295 g/mol. The molecule has 0 aliphatic carbocycles. The van der Waals surface area contributed by atoms with Crippen LogP contribution in [0, 0.1) is 0 Å². The van der Waals surface area contributed by atoms with Gasteiger partial charge in [0.2, 0.25) is 0 Å². The summed E-state index contributed by atoms with van der Waals surface area (Å²) < 4.78 is 6.45. The number of ether oxygens (including phenoxy) is 1. The standard InChI is InChI=1S/C14H21N3O4/c1-10(12(18)19)17-9-11(8-16-17)6-5-7-15-13(20)21-14(2,3)4/h5-6,8-10H,7H2,1-4H3,(H,15,20)(H,18,19)/t10-/m0/s1. The lowest BCUT2D eigenvalue weighted by Gasteiger charge is -2.19. The first-order chi connectivity index (χ1) is 9.69. The van der Waals surface area contributed by atoms with Crippen LogP contribution in [0.1, 0.15) is 39.3 Å². The van der Waals surface area contributed by atoms with Crippen molar-refractivity contribution < 1.29 is 19.4 Å². The number of hydrogen-bond acceptors (Lipinski definition) is 4. The summed E-state index contributed by atoms with van der Waals surface area (Å²) in [4.78, 5) is 22.2. The molecular formula is C14H21N3O4. The lowest BCUT2D eigenvalue weighted by atomic mass is 10.2. The molecule has 0 aliphatic rings. The van der Waals surface area contributed by atoms with Crippen LogP contribution in [0.4, 0.5) is 4.79 Å². The normalized spacial score (nSPS) is 13.1. The second kappa shape index (κ2) is 6.92. The van der Waals surface area contributed by atoms with E-state index in [-0.39, 0.29) is 0 Å². The number of amides is 1. The van der Waals surface area contributed by atoms with Gasteiger partial charge in [0.05, 0.1) is 6.20 Å². The maximum absolute atomic E-state index is 11.4. The minimum absolute atomic E-state index is 0.314. The van der Waals surface area contributed by atoms with Gasteiger partial charge in [0.25, 0.3) is 0 Å². The summed E-state index contributed by atoms with van der Waals surface area (Å²) in [5.41, 5.74) is 0.233. The fourth-order valence-corrected chi connectivity index (χ4v) is 1.42. The largest absolute Gasteiger partial charge is 0.480 e. The Bertz CT molecular complexity index is 529. The molecule has 1 aromatic heterocycles. The molecule has 0 unspecified atom stereocenters. The predicted octanol–water partition coefficient (Wildman–Crippen LogP) is 2.07. The van der Waals surface area contributed by atoms with Crippen LogP contribution in [-0.2, 0) is 9.53 Å². The fraction of sp³-hybridized carbons (Fsp3) is 0.500. The number of carbonyl (C=O) groups excluding carboxylic acids is 1. The second-order valence-corrected chi connectivity index (χ2v) is 5.55. The highest BCUT2D eigenvalue weighted by Gasteiger charge is 2.15. The minimum atomic E-state index is -0.944. The number of rotatable bonds is 5. The molecule has 0 aromatic carbocycles. The molecule has 1 amide bonds. The predicted molar refractivity (Wildman–Crippen MR) is 77.8 cm³/mol. The molecule has 1 atom stereocenters. The molecule has 0 spiro atoms. The summed E-state index contributed by atoms with van der Waals surface area (Å²) in [6.07, 6.45) is 6.18. The van der Waals surface area contributed by atoms with E-state index < -0.39 is 23.7 Å². The van der Waals surface area contributed by atoms with E-state index in [4.69, 9.17) is 9.84 Å². The highest BCUT2D eigenvalue weighted by molar-refractivity contribution is 5.71. The summed E-state index contributed by atoms with van der Waals surface area (Å²) in [6, 6.07) is -0.716. The van der Waals surface area contributed by atoms with Crippen LogP contribution in [0.15, 0.2) is 18.5 Å². The van der Waals surface area contributed by atoms with Crippen molar-refractivity contribution in [3.63, 3.8) is 0 Å². The summed E-state index contributed by atoms with van der Waals surface area (Å²) in [5.74, 6) is -0.944. The Balaban J connectivity index is 2.44. The van der Waals surface area contributed by atoms with Crippen molar-refractivity contribution in [1.82, 2.24) is 15.1 Å². The zero-order valence-electron chi connectivity index (χ0n) is 12.7. The maximum atomic E-state index is 11.4. The Morgan fingerprint density at radius 2 is 2.19 bits per heavy atom. The van der Waals surface area contributed by atoms with Crippen molar-refractivity contribution in [2.24, 2.45) is 0 Å². The Morgan fingerprint density at radius 3 is 2.76 bits per heavy atom. The molecule has 2 N–H and O–H groups in total. The number of aliphatic carboxylic acids is 1. The number of nitrogens with zero attached hydrogens (tertiary/aromatic N) is 2. The number of carboxylic acid groups (broad SMARTS) is 1. The third-order valence-electron chi connectivity index (χ3n) is 2.45. The van der Waals surface area contributed by atoms with Crippen LogP contribution >= 0.6 is 0 Å². The Kier molecular flexibility index (Phi) is 5.52. The first kappa shape index (κ1) is 16.7. The third-order valence-corrected chi connectivity index (χ3v) is 2.45. The zero-order valence-corrected chi connectivity index (χ0v) is 12.7. The lowest BCUT2D eigenvalue weighted by molar-refractivity contribution is -0.140.